The molecule has 0 atom stereocenters. The van der Waals surface area contributed by atoms with Crippen molar-refractivity contribution in [2.24, 2.45) is 0 Å². The van der Waals surface area contributed by atoms with Crippen LogP contribution >= 0.6 is 0 Å². The Labute approximate surface area is 462 Å². The summed E-state index contributed by atoms with van der Waals surface area (Å²) >= 11 is 1.82. The van der Waals surface area contributed by atoms with Gasteiger partial charge in [0.15, 0.2) is 0 Å². The number of unbranched alkanes of at least 4 members (excludes halogenated alkanes) is 25. The van der Waals surface area contributed by atoms with Crippen molar-refractivity contribution >= 4 is 11.4 Å². The fourth-order valence-corrected chi connectivity index (χ4v) is 11.5. The Kier molecular flexibility index (Phi) is 40.8. The van der Waals surface area contributed by atoms with Gasteiger partial charge in [0, 0.05) is 23.1 Å². The van der Waals surface area contributed by atoms with Crippen molar-refractivity contribution < 1.29 is 19.1 Å². The van der Waals surface area contributed by atoms with E-state index in [4.69, 9.17) is 0 Å². The van der Waals surface area contributed by atoms with Gasteiger partial charge in [-0.05, 0) is 154 Å². The molecule has 0 radical (unpaired) electrons. The number of benzene rings is 2. The van der Waals surface area contributed by atoms with Crippen molar-refractivity contribution in [3.8, 4) is 11.8 Å². The van der Waals surface area contributed by atoms with E-state index in [2.05, 4.69) is 105 Å². The van der Waals surface area contributed by atoms with Gasteiger partial charge in [-0.3, -0.25) is 0 Å². The second kappa shape index (κ2) is 44.7. The molecule has 0 unspecified atom stereocenters. The number of hydrogen-bond donors (Lipinski definition) is 0. The number of hydrogen-bond acceptors (Lipinski definition) is 0. The average Bonchev–Trinajstić information content (AvgIpc) is 3.67. The molecule has 1 aliphatic heterocycles. The molecule has 0 N–H and O–H groups in total. The molecule has 1 heterocycles. The Bertz CT molecular complexity index is 1800. The van der Waals surface area contributed by atoms with Crippen molar-refractivity contribution in [1.82, 2.24) is 0 Å². The van der Waals surface area contributed by atoms with Crippen LogP contribution in [0.15, 0.2) is 35.4 Å². The molecule has 73 heavy (non-hydrogen) atoms. The summed E-state index contributed by atoms with van der Waals surface area (Å²) in [6, 6.07) is 10.1. The standard InChI is InChI=1S/C66H108N2.2C2H5.Ni/c1-9-17-25-27-29-30-31-32-33-34-35-37-42-50-64-63(49-41-36-28-26-18-10-2)65(59-51-55(43-22-14-6)61(47-24-16-8)56(52-59)44-23-15-7)68(67)66(64)60-53-57(45-38-19-11-3)62(48-40-21-13-5)58(54-60)46-39-20-12-4;2*1-2;/h51-54H,9-41,43-49H2,1-8H3;2*1H2,2H3;. The van der Waals surface area contributed by atoms with E-state index in [9.17, 15) is 5.53 Å². The molecule has 0 fully saturated rings. The summed E-state index contributed by atoms with van der Waals surface area (Å²) in [5, 5.41) is 2.56. The predicted molar refractivity (Wildman–Crippen MR) is 324 cm³/mol. The molecule has 0 aliphatic carbocycles. The van der Waals surface area contributed by atoms with Crippen molar-refractivity contribution in [3.05, 3.63) is 85.5 Å². The summed E-state index contributed by atoms with van der Waals surface area (Å²) < 4.78 is 1.69. The van der Waals surface area contributed by atoms with Crippen LogP contribution in [0.4, 0.5) is 0 Å². The number of rotatable bonds is 43. The average molecular weight is 1050 g/mol. The van der Waals surface area contributed by atoms with E-state index in [0.717, 1.165) is 74.8 Å². The third-order valence-corrected chi connectivity index (χ3v) is 16.4. The Balaban J connectivity index is 0.00000347. The first-order valence-corrected chi connectivity index (χ1v) is 33.5. The van der Waals surface area contributed by atoms with Crippen LogP contribution in [0.1, 0.15) is 332 Å². The number of aryl methyl sites for hydroxylation is 4. The van der Waals surface area contributed by atoms with Crippen LogP contribution in [-0.2, 0) is 53.0 Å². The van der Waals surface area contributed by atoms with E-state index in [1.807, 2.05) is 14.4 Å². The van der Waals surface area contributed by atoms with Gasteiger partial charge in [0.05, 0.1) is 0 Å². The molecule has 3 heteroatoms. The monoisotopic (exact) mass is 1040 g/mol. The molecule has 3 rings (SSSR count). The summed E-state index contributed by atoms with van der Waals surface area (Å²) in [7, 11) is 0. The van der Waals surface area contributed by atoms with Gasteiger partial charge in [-0.1, -0.05) is 221 Å². The topological polar surface area (TPSA) is 25.3 Å². The molecule has 0 bridgehead atoms. The van der Waals surface area contributed by atoms with Crippen LogP contribution in [0.5, 0.6) is 0 Å². The maximum atomic E-state index is 13.2. The first-order valence-electron chi connectivity index (χ1n) is 32.1. The Morgan fingerprint density at radius 1 is 0.356 bits per heavy atom. The van der Waals surface area contributed by atoms with Gasteiger partial charge < -0.3 is 5.53 Å². The van der Waals surface area contributed by atoms with E-state index in [1.165, 1.54) is 249 Å². The minimum atomic E-state index is 0.925. The van der Waals surface area contributed by atoms with E-state index in [1.54, 1.807) is 15.8 Å². The first-order chi connectivity index (χ1) is 35.8. The van der Waals surface area contributed by atoms with Crippen molar-refractivity contribution in [3.63, 3.8) is 0 Å². The summed E-state index contributed by atoms with van der Waals surface area (Å²) in [6.07, 6.45) is 49.5. The summed E-state index contributed by atoms with van der Waals surface area (Å²) in [6.45, 7) is 23.0. The van der Waals surface area contributed by atoms with Gasteiger partial charge in [-0.25, -0.2) is 4.70 Å². The van der Waals surface area contributed by atoms with Crippen LogP contribution in [0, 0.1) is 11.8 Å². The fourth-order valence-electron chi connectivity index (χ4n) is 11.0. The van der Waals surface area contributed by atoms with Gasteiger partial charge in [-0.2, -0.15) is 0 Å². The number of allylic oxidation sites excluding steroid dienone is 2. The Morgan fingerprint density at radius 2 is 0.671 bits per heavy atom. The zero-order valence-electron chi connectivity index (χ0n) is 50.2. The van der Waals surface area contributed by atoms with Crippen molar-refractivity contribution in [2.75, 3.05) is 0 Å². The summed E-state index contributed by atoms with van der Waals surface area (Å²) in [5.41, 5.74) is 29.3. The third kappa shape index (κ3) is 26.5. The molecule has 418 valence electrons. The molecule has 0 spiro atoms. The van der Waals surface area contributed by atoms with Crippen LogP contribution < -0.4 is 0 Å². The first kappa shape index (κ1) is 66.7. The molecular formula is C70H118N2Ni. The molecule has 0 saturated heterocycles. The molecule has 0 amide bonds. The van der Waals surface area contributed by atoms with Gasteiger partial charge in [0.2, 0.25) is 11.4 Å². The third-order valence-electron chi connectivity index (χ3n) is 15.4. The zero-order valence-corrected chi connectivity index (χ0v) is 51.2. The minimum absolute atomic E-state index is 0.925. The molecule has 0 aromatic heterocycles. The summed E-state index contributed by atoms with van der Waals surface area (Å²) in [5.74, 6) is 7.70. The normalized spacial score (nSPS) is 12.5. The number of nitrogens with zero attached hydrogens (tertiary/aromatic N) is 2. The molecule has 1 aliphatic rings. The van der Waals surface area contributed by atoms with E-state index < -0.39 is 0 Å². The Hall–Kier alpha value is -2.43. The molecular weight excluding hydrogens is 927 g/mol. The van der Waals surface area contributed by atoms with Crippen molar-refractivity contribution in [2.45, 2.75) is 337 Å². The quantitative estimate of drug-likeness (QED) is 0.0274. The van der Waals surface area contributed by atoms with Crippen LogP contribution in [0.3, 0.4) is 0 Å². The van der Waals surface area contributed by atoms with E-state index >= 15 is 0 Å². The van der Waals surface area contributed by atoms with Gasteiger partial charge in [0.25, 0.3) is 0 Å². The van der Waals surface area contributed by atoms with Crippen LogP contribution in [0.2, 0.25) is 10.8 Å². The van der Waals surface area contributed by atoms with Crippen LogP contribution in [0.25, 0.3) is 16.9 Å². The molecule has 0 saturated carbocycles. The Morgan fingerprint density at radius 3 is 1.08 bits per heavy atom. The summed E-state index contributed by atoms with van der Waals surface area (Å²) in [4.78, 5) is 0. The molecule has 2 aromatic carbocycles. The van der Waals surface area contributed by atoms with Gasteiger partial charge in [0.1, 0.15) is 5.57 Å². The second-order valence-corrected chi connectivity index (χ2v) is 23.7. The van der Waals surface area contributed by atoms with Crippen molar-refractivity contribution in [1.29, 1.82) is 0 Å². The van der Waals surface area contributed by atoms with E-state index in [0.29, 0.717) is 0 Å². The maximum absolute atomic E-state index is 13.2. The molecule has 2 aromatic rings. The van der Waals surface area contributed by atoms with Gasteiger partial charge >= 0.3 is 39.1 Å². The second-order valence-electron chi connectivity index (χ2n) is 21.8. The fraction of sp³-hybridized carbons (Fsp3) is 0.743. The zero-order chi connectivity index (χ0) is 53.2. The molecule has 2 nitrogen and oxygen atoms in total. The predicted octanol–water partition coefficient (Wildman–Crippen LogP) is 23.5. The SMILES string of the molecule is CCCCCCCCCCCCCC#CC1=C(c2cc(CCCCC)c(CCCCC)c(CCCCC)c2)[N+](=[N-])C(c2cc(CCCC)c(CCCC)c(CCCC)c2)=C1CCCCCCCC.C[CH2][Ni][CH2]C. The van der Waals surface area contributed by atoms with Crippen LogP contribution in [-0.4, -0.2) is 4.70 Å². The van der Waals surface area contributed by atoms with E-state index in [-0.39, 0.29) is 0 Å². The van der Waals surface area contributed by atoms with Gasteiger partial charge in [-0.15, -0.1) is 0 Å².